The number of terminal acetylenes is 1. The van der Waals surface area contributed by atoms with Gasteiger partial charge in [0.15, 0.2) is 0 Å². The minimum absolute atomic E-state index is 0.0751. The number of amides is 1. The van der Waals surface area contributed by atoms with Gasteiger partial charge in [-0.1, -0.05) is 0 Å². The molecule has 1 amide bonds. The van der Waals surface area contributed by atoms with Crippen LogP contribution in [0.25, 0.3) is 0 Å². The number of nitrogens with one attached hydrogen (secondary N) is 1. The predicted molar refractivity (Wildman–Crippen MR) is 47.1 cm³/mol. The Balaban J connectivity index is 3.15. The number of hydroxylamine groups is 1. The third-order valence-corrected chi connectivity index (χ3v) is 1.31. The van der Waals surface area contributed by atoms with Crippen LogP contribution >= 0.6 is 0 Å². The molecule has 0 atom stereocenters. The van der Waals surface area contributed by atoms with Gasteiger partial charge in [-0.15, -0.1) is 12.3 Å². The maximum Gasteiger partial charge on any atom is 0.243 e. The molecule has 12 heavy (non-hydrogen) atoms. The Hall–Kier alpha value is -1.01. The van der Waals surface area contributed by atoms with Gasteiger partial charge in [-0.2, -0.15) is 0 Å². The summed E-state index contributed by atoms with van der Waals surface area (Å²) in [6.45, 7) is 2.31. The van der Waals surface area contributed by atoms with Crippen molar-refractivity contribution in [1.29, 1.82) is 0 Å². The van der Waals surface area contributed by atoms with Crippen LogP contribution in [-0.2, 0) is 9.63 Å². The van der Waals surface area contributed by atoms with Crippen molar-refractivity contribution in [3.05, 3.63) is 0 Å². The highest BCUT2D eigenvalue weighted by Gasteiger charge is 1.98. The highest BCUT2D eigenvalue weighted by Crippen LogP contribution is 1.97. The number of carbonyl (C=O) groups is 1. The summed E-state index contributed by atoms with van der Waals surface area (Å²) in [5, 5.41) is 0. The predicted octanol–water partition coefficient (Wildman–Crippen LogP) is 1.25. The zero-order chi connectivity index (χ0) is 9.23. The number of unbranched alkanes of at least 4 members (excludes halogenated alkanes) is 2. The Kier molecular flexibility index (Phi) is 7.41. The van der Waals surface area contributed by atoms with Crippen LogP contribution in [0.4, 0.5) is 0 Å². The zero-order valence-electron chi connectivity index (χ0n) is 7.43. The number of hydrogen-bond acceptors (Lipinski definition) is 2. The van der Waals surface area contributed by atoms with E-state index in [0.29, 0.717) is 13.0 Å². The molecule has 3 heteroatoms. The van der Waals surface area contributed by atoms with E-state index in [1.54, 1.807) is 0 Å². The topological polar surface area (TPSA) is 38.3 Å². The summed E-state index contributed by atoms with van der Waals surface area (Å²) in [5.74, 6) is 2.45. The monoisotopic (exact) mass is 169 g/mol. The molecule has 1 N–H and O–H groups in total. The lowest BCUT2D eigenvalue weighted by Gasteiger charge is -2.01. The lowest BCUT2D eigenvalue weighted by Crippen LogP contribution is -2.22. The molecule has 0 saturated heterocycles. The van der Waals surface area contributed by atoms with Crippen LogP contribution in [0.3, 0.4) is 0 Å². The van der Waals surface area contributed by atoms with Gasteiger partial charge in [0.25, 0.3) is 0 Å². The van der Waals surface area contributed by atoms with Gasteiger partial charge in [-0.05, 0) is 19.8 Å². The number of rotatable bonds is 6. The first kappa shape index (κ1) is 11.0. The highest BCUT2D eigenvalue weighted by molar-refractivity contribution is 5.74. The molecule has 0 aromatic rings. The SMILES string of the molecule is C#CCCCCC(=O)NOCC. The minimum atomic E-state index is -0.0751. The summed E-state index contributed by atoms with van der Waals surface area (Å²) >= 11 is 0. The van der Waals surface area contributed by atoms with Gasteiger partial charge in [0.05, 0.1) is 6.61 Å². The smallest absolute Gasteiger partial charge is 0.243 e. The van der Waals surface area contributed by atoms with Crippen molar-refractivity contribution in [2.45, 2.75) is 32.6 Å². The second kappa shape index (κ2) is 8.09. The van der Waals surface area contributed by atoms with Crippen molar-refractivity contribution < 1.29 is 9.63 Å². The van der Waals surface area contributed by atoms with Crippen LogP contribution in [0.2, 0.25) is 0 Å². The average Bonchev–Trinajstić information content (AvgIpc) is 2.09. The molecule has 0 unspecified atom stereocenters. The van der Waals surface area contributed by atoms with Gasteiger partial charge < -0.3 is 0 Å². The first-order valence-corrected chi connectivity index (χ1v) is 4.15. The van der Waals surface area contributed by atoms with Gasteiger partial charge in [-0.3, -0.25) is 9.63 Å². The van der Waals surface area contributed by atoms with Crippen LogP contribution in [-0.4, -0.2) is 12.5 Å². The van der Waals surface area contributed by atoms with Gasteiger partial charge in [0.2, 0.25) is 5.91 Å². The third-order valence-electron chi connectivity index (χ3n) is 1.31. The molecule has 0 aromatic heterocycles. The molecule has 3 nitrogen and oxygen atoms in total. The molecule has 0 saturated carbocycles. The van der Waals surface area contributed by atoms with E-state index in [4.69, 9.17) is 11.3 Å². The molecule has 0 aliphatic rings. The Morgan fingerprint density at radius 2 is 2.33 bits per heavy atom. The molecule has 0 spiro atoms. The second-order valence-corrected chi connectivity index (χ2v) is 2.37. The van der Waals surface area contributed by atoms with E-state index >= 15 is 0 Å². The molecular formula is C9H15NO2. The molecule has 0 rings (SSSR count). The molecule has 0 radical (unpaired) electrons. The van der Waals surface area contributed by atoms with E-state index in [9.17, 15) is 4.79 Å². The third kappa shape index (κ3) is 7.10. The van der Waals surface area contributed by atoms with Crippen LogP contribution in [0.15, 0.2) is 0 Å². The molecule has 0 heterocycles. The summed E-state index contributed by atoms with van der Waals surface area (Å²) in [6, 6.07) is 0. The van der Waals surface area contributed by atoms with Gasteiger partial charge >= 0.3 is 0 Å². The maximum absolute atomic E-state index is 10.9. The summed E-state index contributed by atoms with van der Waals surface area (Å²) < 4.78 is 0. The molecule has 68 valence electrons. The first-order chi connectivity index (χ1) is 5.81. The van der Waals surface area contributed by atoms with Crippen molar-refractivity contribution in [2.75, 3.05) is 6.61 Å². The first-order valence-electron chi connectivity index (χ1n) is 4.15. The summed E-state index contributed by atoms with van der Waals surface area (Å²) in [4.78, 5) is 15.6. The van der Waals surface area contributed by atoms with Crippen molar-refractivity contribution in [3.8, 4) is 12.3 Å². The summed E-state index contributed by atoms with van der Waals surface area (Å²) in [5.41, 5.74) is 2.32. The Bertz CT molecular complexity index is 160. The Morgan fingerprint density at radius 1 is 1.58 bits per heavy atom. The van der Waals surface area contributed by atoms with Crippen molar-refractivity contribution >= 4 is 5.91 Å². The van der Waals surface area contributed by atoms with Crippen LogP contribution in [0.5, 0.6) is 0 Å². The van der Waals surface area contributed by atoms with Crippen molar-refractivity contribution in [2.24, 2.45) is 0 Å². The van der Waals surface area contributed by atoms with E-state index in [1.165, 1.54) is 0 Å². The van der Waals surface area contributed by atoms with Crippen molar-refractivity contribution in [3.63, 3.8) is 0 Å². The standard InChI is InChI=1S/C9H15NO2/c1-3-5-6-7-8-9(11)10-12-4-2/h1H,4-8H2,2H3,(H,10,11). The fraction of sp³-hybridized carbons (Fsp3) is 0.667. The average molecular weight is 169 g/mol. The van der Waals surface area contributed by atoms with Crippen LogP contribution in [0.1, 0.15) is 32.6 Å². The van der Waals surface area contributed by atoms with Gasteiger partial charge in [-0.25, -0.2) is 5.48 Å². The van der Waals surface area contributed by atoms with Crippen LogP contribution in [0, 0.1) is 12.3 Å². The Morgan fingerprint density at radius 3 is 2.92 bits per heavy atom. The van der Waals surface area contributed by atoms with Gasteiger partial charge in [0.1, 0.15) is 0 Å². The summed E-state index contributed by atoms with van der Waals surface area (Å²) in [7, 11) is 0. The number of hydrogen-bond donors (Lipinski definition) is 1. The number of carbonyl (C=O) groups excluding carboxylic acids is 1. The minimum Gasteiger partial charge on any atom is -0.274 e. The zero-order valence-corrected chi connectivity index (χ0v) is 7.43. The lowest BCUT2D eigenvalue weighted by molar-refractivity contribution is -0.133. The largest absolute Gasteiger partial charge is 0.274 e. The molecule has 0 aliphatic heterocycles. The normalized spacial score (nSPS) is 9.00. The second-order valence-electron chi connectivity index (χ2n) is 2.37. The highest BCUT2D eigenvalue weighted by atomic mass is 16.6. The van der Waals surface area contributed by atoms with Crippen LogP contribution < -0.4 is 5.48 Å². The molecular weight excluding hydrogens is 154 g/mol. The Labute approximate surface area is 73.4 Å². The van der Waals surface area contributed by atoms with Gasteiger partial charge in [0, 0.05) is 12.8 Å². The molecule has 0 aromatic carbocycles. The fourth-order valence-corrected chi connectivity index (χ4v) is 0.716. The van der Waals surface area contributed by atoms with E-state index in [-0.39, 0.29) is 5.91 Å². The fourth-order valence-electron chi connectivity index (χ4n) is 0.716. The van der Waals surface area contributed by atoms with E-state index in [0.717, 1.165) is 19.3 Å². The molecule has 0 aliphatic carbocycles. The molecule has 0 fully saturated rings. The maximum atomic E-state index is 10.9. The lowest BCUT2D eigenvalue weighted by atomic mass is 10.2. The van der Waals surface area contributed by atoms with E-state index < -0.39 is 0 Å². The quantitative estimate of drug-likeness (QED) is 0.369. The van der Waals surface area contributed by atoms with E-state index in [1.807, 2.05) is 6.92 Å². The molecule has 0 bridgehead atoms. The summed E-state index contributed by atoms with van der Waals surface area (Å²) in [6.07, 6.45) is 8.00. The van der Waals surface area contributed by atoms with E-state index in [2.05, 4.69) is 11.4 Å². The van der Waals surface area contributed by atoms with Crippen molar-refractivity contribution in [1.82, 2.24) is 5.48 Å².